The number of nitrogens with one attached hydrogen (secondary N) is 1. The zero-order valence-electron chi connectivity index (χ0n) is 10.1. The van der Waals surface area contributed by atoms with Crippen LogP contribution in [0.1, 0.15) is 5.56 Å². The van der Waals surface area contributed by atoms with E-state index in [0.717, 1.165) is 16.9 Å². The fraction of sp³-hybridized carbons (Fsp3) is 0.250. The Bertz CT molecular complexity index is 528. The molecule has 5 heteroatoms. The molecule has 2 rings (SSSR count). The standard InChI is InChI=1S/C12H14N4O/c1-8-4-5-10(17-3)9(6-8)11-12(13-2)14-7-15-16-11/h4-7H,1-3H3,(H,13,14,15). The third kappa shape index (κ3) is 2.18. The van der Waals surface area contributed by atoms with Crippen molar-refractivity contribution in [2.24, 2.45) is 0 Å². The average Bonchev–Trinajstić information content (AvgIpc) is 2.38. The third-order valence-electron chi connectivity index (χ3n) is 2.47. The van der Waals surface area contributed by atoms with E-state index in [2.05, 4.69) is 20.5 Å². The van der Waals surface area contributed by atoms with Crippen molar-refractivity contribution in [2.75, 3.05) is 19.5 Å². The van der Waals surface area contributed by atoms with Crippen molar-refractivity contribution in [3.63, 3.8) is 0 Å². The molecule has 1 heterocycles. The van der Waals surface area contributed by atoms with E-state index >= 15 is 0 Å². The number of nitrogens with zero attached hydrogens (tertiary/aromatic N) is 3. The molecule has 17 heavy (non-hydrogen) atoms. The van der Waals surface area contributed by atoms with Gasteiger partial charge in [-0.15, -0.1) is 10.2 Å². The fourth-order valence-corrected chi connectivity index (χ4v) is 1.65. The molecule has 0 unspecified atom stereocenters. The smallest absolute Gasteiger partial charge is 0.156 e. The number of hydrogen-bond donors (Lipinski definition) is 1. The van der Waals surface area contributed by atoms with Crippen molar-refractivity contribution in [3.8, 4) is 17.0 Å². The van der Waals surface area contributed by atoms with Crippen molar-refractivity contribution in [3.05, 3.63) is 30.1 Å². The van der Waals surface area contributed by atoms with Gasteiger partial charge in [0.05, 0.1) is 7.11 Å². The summed E-state index contributed by atoms with van der Waals surface area (Å²) in [4.78, 5) is 4.14. The highest BCUT2D eigenvalue weighted by Gasteiger charge is 2.12. The molecule has 5 nitrogen and oxygen atoms in total. The Morgan fingerprint density at radius 2 is 2.12 bits per heavy atom. The minimum atomic E-state index is 0.684. The molecule has 0 spiro atoms. The highest BCUT2D eigenvalue weighted by Crippen LogP contribution is 2.32. The lowest BCUT2D eigenvalue weighted by Gasteiger charge is -2.10. The minimum absolute atomic E-state index is 0.684. The molecule has 2 aromatic rings. The van der Waals surface area contributed by atoms with E-state index in [-0.39, 0.29) is 0 Å². The first-order valence-electron chi connectivity index (χ1n) is 5.26. The van der Waals surface area contributed by atoms with E-state index in [1.807, 2.05) is 25.1 Å². The van der Waals surface area contributed by atoms with E-state index in [9.17, 15) is 0 Å². The van der Waals surface area contributed by atoms with Crippen LogP contribution < -0.4 is 10.1 Å². The van der Waals surface area contributed by atoms with Crippen molar-refractivity contribution in [1.82, 2.24) is 15.2 Å². The predicted octanol–water partition coefficient (Wildman–Crippen LogP) is 1.90. The Labute approximate surface area is 99.9 Å². The molecule has 0 saturated carbocycles. The summed E-state index contributed by atoms with van der Waals surface area (Å²) >= 11 is 0. The monoisotopic (exact) mass is 230 g/mol. The van der Waals surface area contributed by atoms with Gasteiger partial charge < -0.3 is 10.1 Å². The predicted molar refractivity (Wildman–Crippen MR) is 66.1 cm³/mol. The molecule has 0 bridgehead atoms. The molecule has 0 fully saturated rings. The van der Waals surface area contributed by atoms with Gasteiger partial charge in [-0.3, -0.25) is 0 Å². The first kappa shape index (κ1) is 11.3. The largest absolute Gasteiger partial charge is 0.496 e. The van der Waals surface area contributed by atoms with Crippen molar-refractivity contribution in [1.29, 1.82) is 0 Å². The summed E-state index contributed by atoms with van der Waals surface area (Å²) < 4.78 is 5.33. The second-order valence-electron chi connectivity index (χ2n) is 3.61. The first-order valence-corrected chi connectivity index (χ1v) is 5.26. The van der Waals surface area contributed by atoms with Crippen LogP contribution in [0, 0.1) is 6.92 Å². The summed E-state index contributed by atoms with van der Waals surface area (Å²) in [5, 5.41) is 10.9. The molecule has 1 N–H and O–H groups in total. The lowest BCUT2D eigenvalue weighted by Crippen LogP contribution is -2.01. The Balaban J connectivity index is 2.62. The highest BCUT2D eigenvalue weighted by molar-refractivity contribution is 5.76. The average molecular weight is 230 g/mol. The summed E-state index contributed by atoms with van der Waals surface area (Å²) in [6.07, 6.45) is 1.41. The van der Waals surface area contributed by atoms with Crippen LogP contribution in [0.15, 0.2) is 24.5 Å². The Morgan fingerprint density at radius 1 is 1.29 bits per heavy atom. The fourth-order valence-electron chi connectivity index (χ4n) is 1.65. The number of methoxy groups -OCH3 is 1. The third-order valence-corrected chi connectivity index (χ3v) is 2.47. The van der Waals surface area contributed by atoms with Crippen LogP contribution in [-0.2, 0) is 0 Å². The van der Waals surface area contributed by atoms with Crippen LogP contribution >= 0.6 is 0 Å². The summed E-state index contributed by atoms with van der Waals surface area (Å²) in [5.41, 5.74) is 2.71. The van der Waals surface area contributed by atoms with Crippen molar-refractivity contribution >= 4 is 5.82 Å². The molecule has 0 saturated heterocycles. The van der Waals surface area contributed by atoms with E-state index < -0.39 is 0 Å². The molecule has 0 aliphatic rings. The van der Waals surface area contributed by atoms with Crippen LogP contribution in [0.4, 0.5) is 5.82 Å². The van der Waals surface area contributed by atoms with Gasteiger partial charge in [-0.2, -0.15) is 0 Å². The Morgan fingerprint density at radius 3 is 2.82 bits per heavy atom. The first-order chi connectivity index (χ1) is 8.26. The number of hydrogen-bond acceptors (Lipinski definition) is 5. The SMILES string of the molecule is CNc1ncnnc1-c1cc(C)ccc1OC. The molecule has 1 aromatic carbocycles. The maximum atomic E-state index is 5.33. The van der Waals surface area contributed by atoms with Crippen LogP contribution in [0.25, 0.3) is 11.3 Å². The van der Waals surface area contributed by atoms with Gasteiger partial charge in [-0.1, -0.05) is 11.6 Å². The number of aryl methyl sites for hydroxylation is 1. The number of aromatic nitrogens is 3. The lowest BCUT2D eigenvalue weighted by molar-refractivity contribution is 0.416. The molecular weight excluding hydrogens is 216 g/mol. The minimum Gasteiger partial charge on any atom is -0.496 e. The number of anilines is 1. The molecule has 1 aromatic heterocycles. The van der Waals surface area contributed by atoms with Gasteiger partial charge >= 0.3 is 0 Å². The maximum Gasteiger partial charge on any atom is 0.156 e. The second kappa shape index (κ2) is 4.78. The van der Waals surface area contributed by atoms with Crippen LogP contribution in [0.5, 0.6) is 5.75 Å². The summed E-state index contributed by atoms with van der Waals surface area (Å²) in [6.45, 7) is 2.02. The number of ether oxygens (including phenoxy) is 1. The van der Waals surface area contributed by atoms with Gasteiger partial charge in [-0.05, 0) is 19.1 Å². The Hall–Kier alpha value is -2.17. The van der Waals surface area contributed by atoms with Crippen LogP contribution in [-0.4, -0.2) is 29.3 Å². The lowest BCUT2D eigenvalue weighted by atomic mass is 10.1. The maximum absolute atomic E-state index is 5.33. The van der Waals surface area contributed by atoms with E-state index in [1.54, 1.807) is 14.2 Å². The molecule has 0 aliphatic heterocycles. The van der Waals surface area contributed by atoms with E-state index in [4.69, 9.17) is 4.74 Å². The van der Waals surface area contributed by atoms with E-state index in [0.29, 0.717) is 11.5 Å². The van der Waals surface area contributed by atoms with Gasteiger partial charge in [-0.25, -0.2) is 4.98 Å². The number of benzene rings is 1. The summed E-state index contributed by atoms with van der Waals surface area (Å²) in [5.74, 6) is 1.44. The quantitative estimate of drug-likeness (QED) is 0.872. The molecule has 0 radical (unpaired) electrons. The van der Waals surface area contributed by atoms with Crippen LogP contribution in [0.2, 0.25) is 0 Å². The highest BCUT2D eigenvalue weighted by atomic mass is 16.5. The molecule has 0 amide bonds. The van der Waals surface area contributed by atoms with Crippen molar-refractivity contribution in [2.45, 2.75) is 6.92 Å². The van der Waals surface area contributed by atoms with Gasteiger partial charge in [0.1, 0.15) is 17.8 Å². The van der Waals surface area contributed by atoms with Gasteiger partial charge in [0, 0.05) is 12.6 Å². The molecule has 0 atom stereocenters. The summed E-state index contributed by atoms with van der Waals surface area (Å²) in [7, 11) is 3.44. The summed E-state index contributed by atoms with van der Waals surface area (Å²) in [6, 6.07) is 5.91. The zero-order chi connectivity index (χ0) is 12.3. The normalized spacial score (nSPS) is 10.1. The van der Waals surface area contributed by atoms with Gasteiger partial charge in [0.2, 0.25) is 0 Å². The van der Waals surface area contributed by atoms with E-state index in [1.165, 1.54) is 6.33 Å². The van der Waals surface area contributed by atoms with Gasteiger partial charge in [0.25, 0.3) is 0 Å². The van der Waals surface area contributed by atoms with Gasteiger partial charge in [0.15, 0.2) is 5.82 Å². The Kier molecular flexibility index (Phi) is 3.18. The number of rotatable bonds is 3. The topological polar surface area (TPSA) is 59.9 Å². The zero-order valence-corrected chi connectivity index (χ0v) is 10.1. The molecule has 0 aliphatic carbocycles. The van der Waals surface area contributed by atoms with Crippen molar-refractivity contribution < 1.29 is 4.74 Å². The molecular formula is C12H14N4O. The molecule has 88 valence electrons. The second-order valence-corrected chi connectivity index (χ2v) is 3.61. The van der Waals surface area contributed by atoms with Crippen LogP contribution in [0.3, 0.4) is 0 Å².